The second-order valence-electron chi connectivity index (χ2n) is 6.04. The molecule has 0 fully saturated rings. The van der Waals surface area contributed by atoms with Crippen LogP contribution < -0.4 is 20.1 Å². The number of nitrogens with zero attached hydrogens (tertiary/aromatic N) is 2. The predicted molar refractivity (Wildman–Crippen MR) is 105 cm³/mol. The van der Waals surface area contributed by atoms with Gasteiger partial charge in [0.15, 0.2) is 11.5 Å². The van der Waals surface area contributed by atoms with E-state index in [4.69, 9.17) is 9.47 Å². The first-order valence-corrected chi connectivity index (χ1v) is 8.74. The lowest BCUT2D eigenvalue weighted by Crippen LogP contribution is -2.36. The van der Waals surface area contributed by atoms with Gasteiger partial charge in [-0.15, -0.1) is 0 Å². The van der Waals surface area contributed by atoms with Crippen molar-refractivity contribution in [3.8, 4) is 11.5 Å². The summed E-state index contributed by atoms with van der Waals surface area (Å²) in [5, 5.41) is 5.97. The molecular formula is C21H18N4O3. The van der Waals surface area contributed by atoms with Crippen LogP contribution in [0.3, 0.4) is 0 Å². The maximum atomic E-state index is 12.7. The molecule has 0 bridgehead atoms. The first-order valence-electron chi connectivity index (χ1n) is 8.74. The van der Waals surface area contributed by atoms with Crippen LogP contribution in [-0.4, -0.2) is 23.6 Å². The number of hydrogen-bond donors (Lipinski definition) is 2. The minimum atomic E-state index is -0.299. The molecule has 3 aromatic rings. The highest BCUT2D eigenvalue weighted by Gasteiger charge is 2.17. The number of anilines is 1. The number of aromatic nitrogens is 1. The van der Waals surface area contributed by atoms with Crippen molar-refractivity contribution < 1.29 is 14.3 Å². The van der Waals surface area contributed by atoms with Crippen molar-refractivity contribution in [3.63, 3.8) is 0 Å². The molecule has 7 nitrogen and oxygen atoms in total. The van der Waals surface area contributed by atoms with Crippen molar-refractivity contribution >= 4 is 17.6 Å². The molecule has 0 spiro atoms. The zero-order chi connectivity index (χ0) is 19.2. The summed E-state index contributed by atoms with van der Waals surface area (Å²) in [5.41, 5.74) is 2.21. The summed E-state index contributed by atoms with van der Waals surface area (Å²) in [5.74, 6) is 1.23. The molecular weight excluding hydrogens is 356 g/mol. The van der Waals surface area contributed by atoms with E-state index in [1.165, 1.54) is 0 Å². The lowest BCUT2D eigenvalue weighted by Gasteiger charge is -2.12. The van der Waals surface area contributed by atoms with E-state index in [0.717, 1.165) is 11.3 Å². The van der Waals surface area contributed by atoms with Gasteiger partial charge in [0, 0.05) is 23.6 Å². The van der Waals surface area contributed by atoms with Crippen LogP contribution in [0.1, 0.15) is 15.9 Å². The summed E-state index contributed by atoms with van der Waals surface area (Å²) in [6.45, 7) is 0.540. The molecule has 1 aromatic heterocycles. The number of nitrogens with one attached hydrogen (secondary N) is 2. The smallest absolute Gasteiger partial charge is 0.258 e. The van der Waals surface area contributed by atoms with Gasteiger partial charge in [-0.05, 0) is 42.0 Å². The summed E-state index contributed by atoms with van der Waals surface area (Å²) < 4.78 is 10.6. The molecule has 0 atom stereocenters. The molecule has 1 amide bonds. The van der Waals surface area contributed by atoms with Gasteiger partial charge in [0.2, 0.25) is 12.8 Å². The molecule has 2 heterocycles. The monoisotopic (exact) mass is 374 g/mol. The van der Waals surface area contributed by atoms with Crippen LogP contribution in [-0.2, 0) is 6.54 Å². The number of hydrogen-bond acceptors (Lipinski definition) is 5. The van der Waals surface area contributed by atoms with Crippen molar-refractivity contribution in [1.29, 1.82) is 0 Å². The molecule has 0 aliphatic carbocycles. The number of para-hydroxylation sites is 1. The molecule has 2 N–H and O–H groups in total. The minimum Gasteiger partial charge on any atom is -0.454 e. The number of amides is 1. The number of guanidine groups is 1. The van der Waals surface area contributed by atoms with E-state index in [9.17, 15) is 4.79 Å². The molecule has 140 valence electrons. The standard InChI is InChI=1S/C21H18N4O3/c26-20(16-8-9-18-19(11-16)28-14-27-18)25-21(24-17-6-2-1-3-7-17)23-13-15-5-4-10-22-12-15/h1-12H,13-14H2,(H2,23,24,25,26). The van der Waals surface area contributed by atoms with Gasteiger partial charge in [-0.3, -0.25) is 15.1 Å². The van der Waals surface area contributed by atoms with Crippen molar-refractivity contribution in [1.82, 2.24) is 10.3 Å². The molecule has 0 saturated carbocycles. The van der Waals surface area contributed by atoms with Crippen LogP contribution >= 0.6 is 0 Å². The number of aliphatic imine (C=N–C) groups is 1. The molecule has 4 rings (SSSR count). The van der Waals surface area contributed by atoms with Crippen molar-refractivity contribution in [2.24, 2.45) is 4.99 Å². The number of ether oxygens (including phenoxy) is 2. The number of fused-ring (bicyclic) bond motifs is 1. The van der Waals surface area contributed by atoms with Crippen LogP contribution in [0, 0.1) is 0 Å². The maximum absolute atomic E-state index is 12.7. The van der Waals surface area contributed by atoms with Gasteiger partial charge in [0.1, 0.15) is 0 Å². The third-order valence-corrected chi connectivity index (χ3v) is 4.05. The molecule has 0 saturated heterocycles. The Morgan fingerprint density at radius 2 is 1.89 bits per heavy atom. The van der Waals surface area contributed by atoms with Gasteiger partial charge in [-0.2, -0.15) is 0 Å². The average Bonchev–Trinajstić information content (AvgIpc) is 3.21. The predicted octanol–water partition coefficient (Wildman–Crippen LogP) is 3.21. The Kier molecular flexibility index (Phi) is 5.15. The fourth-order valence-corrected chi connectivity index (χ4v) is 2.65. The Morgan fingerprint density at radius 1 is 1.04 bits per heavy atom. The molecule has 0 radical (unpaired) electrons. The van der Waals surface area contributed by atoms with Crippen LogP contribution in [0.15, 0.2) is 78.0 Å². The summed E-state index contributed by atoms with van der Waals surface area (Å²) in [4.78, 5) is 21.3. The normalized spacial score (nSPS) is 12.5. The Morgan fingerprint density at radius 3 is 2.71 bits per heavy atom. The van der Waals surface area contributed by atoms with E-state index >= 15 is 0 Å². The summed E-state index contributed by atoms with van der Waals surface area (Å²) in [7, 11) is 0. The molecule has 2 aromatic carbocycles. The minimum absolute atomic E-state index is 0.161. The Labute approximate surface area is 162 Å². The fourth-order valence-electron chi connectivity index (χ4n) is 2.65. The highest BCUT2D eigenvalue weighted by atomic mass is 16.7. The molecule has 0 unspecified atom stereocenters. The first-order chi connectivity index (χ1) is 13.8. The molecule has 7 heteroatoms. The summed E-state index contributed by atoms with van der Waals surface area (Å²) in [6.07, 6.45) is 3.45. The number of benzene rings is 2. The van der Waals surface area contributed by atoms with Crippen LogP contribution in [0.25, 0.3) is 0 Å². The van der Waals surface area contributed by atoms with E-state index in [1.54, 1.807) is 30.6 Å². The van der Waals surface area contributed by atoms with Gasteiger partial charge < -0.3 is 14.8 Å². The largest absolute Gasteiger partial charge is 0.454 e. The highest BCUT2D eigenvalue weighted by Crippen LogP contribution is 2.32. The zero-order valence-corrected chi connectivity index (χ0v) is 15.0. The van der Waals surface area contributed by atoms with Gasteiger partial charge in [0.25, 0.3) is 5.91 Å². The number of pyridine rings is 1. The Bertz CT molecular complexity index is 991. The van der Waals surface area contributed by atoms with Gasteiger partial charge >= 0.3 is 0 Å². The van der Waals surface area contributed by atoms with Gasteiger partial charge in [-0.1, -0.05) is 24.3 Å². The van der Waals surface area contributed by atoms with E-state index in [2.05, 4.69) is 20.6 Å². The fraction of sp³-hybridized carbons (Fsp3) is 0.0952. The summed E-state index contributed by atoms with van der Waals surface area (Å²) >= 11 is 0. The quantitative estimate of drug-likeness (QED) is 0.541. The second-order valence-corrected chi connectivity index (χ2v) is 6.04. The zero-order valence-electron chi connectivity index (χ0n) is 15.0. The Hall–Kier alpha value is -3.87. The lowest BCUT2D eigenvalue weighted by molar-refractivity contribution is 0.0976. The van der Waals surface area contributed by atoms with Crippen molar-refractivity contribution in [2.45, 2.75) is 6.54 Å². The third-order valence-electron chi connectivity index (χ3n) is 4.05. The summed E-state index contributed by atoms with van der Waals surface area (Å²) in [6, 6.07) is 18.3. The van der Waals surface area contributed by atoms with Crippen LogP contribution in [0.4, 0.5) is 5.69 Å². The topological polar surface area (TPSA) is 84.8 Å². The first kappa shape index (κ1) is 17.5. The lowest BCUT2D eigenvalue weighted by atomic mass is 10.2. The average molecular weight is 374 g/mol. The number of rotatable bonds is 4. The van der Waals surface area contributed by atoms with E-state index in [1.807, 2.05) is 42.5 Å². The van der Waals surface area contributed by atoms with Crippen molar-refractivity contribution in [3.05, 3.63) is 84.2 Å². The molecule has 28 heavy (non-hydrogen) atoms. The van der Waals surface area contributed by atoms with E-state index in [0.29, 0.717) is 29.6 Å². The van der Waals surface area contributed by atoms with E-state index in [-0.39, 0.29) is 12.7 Å². The van der Waals surface area contributed by atoms with E-state index < -0.39 is 0 Å². The maximum Gasteiger partial charge on any atom is 0.258 e. The van der Waals surface area contributed by atoms with Crippen LogP contribution in [0.5, 0.6) is 11.5 Å². The van der Waals surface area contributed by atoms with Crippen LogP contribution in [0.2, 0.25) is 0 Å². The molecule has 1 aliphatic rings. The van der Waals surface area contributed by atoms with Gasteiger partial charge in [-0.25, -0.2) is 4.99 Å². The number of carbonyl (C=O) groups excluding carboxylic acids is 1. The molecule has 1 aliphatic heterocycles. The SMILES string of the molecule is O=C(NC(=NCc1cccnc1)Nc1ccccc1)c1ccc2c(c1)OCO2. The number of carbonyl (C=O) groups is 1. The third kappa shape index (κ3) is 4.27. The van der Waals surface area contributed by atoms with Gasteiger partial charge in [0.05, 0.1) is 6.54 Å². The Balaban J connectivity index is 1.53. The van der Waals surface area contributed by atoms with Crippen molar-refractivity contribution in [2.75, 3.05) is 12.1 Å². The second kappa shape index (κ2) is 8.22. The highest BCUT2D eigenvalue weighted by molar-refractivity contribution is 6.10.